The normalized spacial score (nSPS) is 14.1. The molecule has 1 heterocycles. The number of urea groups is 1. The zero-order valence-electron chi connectivity index (χ0n) is 13.9. The Balaban J connectivity index is 1.47. The molecule has 1 aliphatic heterocycles. The molecule has 0 fully saturated rings. The highest BCUT2D eigenvalue weighted by atomic mass is 19.1. The van der Waals surface area contributed by atoms with Gasteiger partial charge in [0.1, 0.15) is 11.6 Å². The largest absolute Gasteiger partial charge is 0.508 e. The molecule has 2 N–H and O–H groups in total. The summed E-state index contributed by atoms with van der Waals surface area (Å²) in [6.07, 6.45) is 3.51. The van der Waals surface area contributed by atoms with Crippen LogP contribution in [0.4, 0.5) is 9.18 Å². The van der Waals surface area contributed by atoms with Crippen LogP contribution < -0.4 is 5.32 Å². The first-order valence-electron chi connectivity index (χ1n) is 8.37. The average molecular weight is 340 g/mol. The number of nitrogens with one attached hydrogen (secondary N) is 1. The highest BCUT2D eigenvalue weighted by Crippen LogP contribution is 2.23. The number of phenols is 1. The number of rotatable bonds is 4. The van der Waals surface area contributed by atoms with Gasteiger partial charge in [-0.05, 0) is 53.8 Å². The van der Waals surface area contributed by atoms with Gasteiger partial charge in [-0.3, -0.25) is 0 Å². The number of carbonyl (C=O) groups excluding carboxylic acids is 1. The molecule has 0 atom stereocenters. The summed E-state index contributed by atoms with van der Waals surface area (Å²) in [5, 5.41) is 12.3. The number of benzene rings is 2. The number of aromatic hydroxyl groups is 1. The van der Waals surface area contributed by atoms with E-state index in [9.17, 15) is 14.3 Å². The maximum Gasteiger partial charge on any atom is 0.317 e. The summed E-state index contributed by atoms with van der Waals surface area (Å²) in [6.45, 7) is 1.75. The molecule has 2 aromatic carbocycles. The van der Waals surface area contributed by atoms with Crippen LogP contribution in [0.1, 0.15) is 17.5 Å². The minimum absolute atomic E-state index is 0.0804. The maximum absolute atomic E-state index is 12.9. The third kappa shape index (κ3) is 4.59. The summed E-state index contributed by atoms with van der Waals surface area (Å²) in [5.41, 5.74) is 3.26. The van der Waals surface area contributed by atoms with Crippen LogP contribution in [0, 0.1) is 5.82 Å². The summed E-state index contributed by atoms with van der Waals surface area (Å²) in [5.74, 6) is -0.000333. The van der Waals surface area contributed by atoms with Crippen LogP contribution in [-0.4, -0.2) is 35.7 Å². The van der Waals surface area contributed by atoms with Gasteiger partial charge in [0.2, 0.25) is 0 Å². The van der Waals surface area contributed by atoms with Gasteiger partial charge < -0.3 is 15.3 Å². The minimum Gasteiger partial charge on any atom is -0.508 e. The van der Waals surface area contributed by atoms with E-state index in [1.165, 1.54) is 17.7 Å². The van der Waals surface area contributed by atoms with Crippen molar-refractivity contribution >= 4 is 11.6 Å². The Morgan fingerprint density at radius 2 is 1.84 bits per heavy atom. The predicted molar refractivity (Wildman–Crippen MR) is 95.8 cm³/mol. The Hall–Kier alpha value is -2.82. The van der Waals surface area contributed by atoms with E-state index in [0.29, 0.717) is 26.1 Å². The molecule has 0 saturated heterocycles. The molecule has 3 rings (SSSR count). The molecule has 1 aliphatic rings. The molecular formula is C20H21FN2O2. The number of hydrogen-bond acceptors (Lipinski definition) is 2. The van der Waals surface area contributed by atoms with Crippen molar-refractivity contribution in [1.82, 2.24) is 10.2 Å². The van der Waals surface area contributed by atoms with Crippen molar-refractivity contribution in [2.45, 2.75) is 12.8 Å². The SMILES string of the molecule is O=C(NCCc1ccc(F)cc1)N1CC=C(c2ccc(O)cc2)CC1. The monoisotopic (exact) mass is 340 g/mol. The fourth-order valence-electron chi connectivity index (χ4n) is 2.87. The molecule has 25 heavy (non-hydrogen) atoms. The molecule has 2 aromatic rings. The van der Waals surface area contributed by atoms with E-state index in [1.807, 2.05) is 12.1 Å². The highest BCUT2D eigenvalue weighted by molar-refractivity contribution is 5.76. The van der Waals surface area contributed by atoms with Crippen LogP contribution in [0.5, 0.6) is 5.75 Å². The van der Waals surface area contributed by atoms with Crippen LogP contribution in [0.25, 0.3) is 5.57 Å². The third-order valence-electron chi connectivity index (χ3n) is 4.34. The Morgan fingerprint density at radius 1 is 1.12 bits per heavy atom. The number of carbonyl (C=O) groups is 1. The lowest BCUT2D eigenvalue weighted by Crippen LogP contribution is -2.42. The van der Waals surface area contributed by atoms with E-state index < -0.39 is 0 Å². The van der Waals surface area contributed by atoms with Gasteiger partial charge in [-0.1, -0.05) is 30.3 Å². The lowest BCUT2D eigenvalue weighted by atomic mass is 9.99. The van der Waals surface area contributed by atoms with E-state index in [2.05, 4.69) is 11.4 Å². The van der Waals surface area contributed by atoms with Crippen molar-refractivity contribution < 1.29 is 14.3 Å². The lowest BCUT2D eigenvalue weighted by molar-refractivity contribution is 0.203. The molecule has 2 amide bonds. The van der Waals surface area contributed by atoms with E-state index >= 15 is 0 Å². The molecule has 0 unspecified atom stereocenters. The van der Waals surface area contributed by atoms with Crippen molar-refractivity contribution in [3.63, 3.8) is 0 Å². The van der Waals surface area contributed by atoms with Crippen molar-refractivity contribution in [1.29, 1.82) is 0 Å². The number of amides is 2. The molecule has 0 aromatic heterocycles. The van der Waals surface area contributed by atoms with Crippen molar-refractivity contribution in [3.05, 3.63) is 71.6 Å². The molecule has 0 spiro atoms. The van der Waals surface area contributed by atoms with Crippen molar-refractivity contribution in [3.8, 4) is 5.75 Å². The van der Waals surface area contributed by atoms with Gasteiger partial charge in [-0.2, -0.15) is 0 Å². The molecular weight excluding hydrogens is 319 g/mol. The predicted octanol–water partition coefficient (Wildman–Crippen LogP) is 3.57. The fourth-order valence-corrected chi connectivity index (χ4v) is 2.87. The Bertz CT molecular complexity index is 754. The van der Waals surface area contributed by atoms with Gasteiger partial charge in [-0.15, -0.1) is 0 Å². The van der Waals surface area contributed by atoms with Crippen LogP contribution in [0.3, 0.4) is 0 Å². The second kappa shape index (κ2) is 7.83. The summed E-state index contributed by atoms with van der Waals surface area (Å²) in [4.78, 5) is 14.0. The molecule has 0 saturated carbocycles. The second-order valence-corrected chi connectivity index (χ2v) is 6.08. The van der Waals surface area contributed by atoms with E-state index in [-0.39, 0.29) is 17.6 Å². The van der Waals surface area contributed by atoms with E-state index in [1.54, 1.807) is 29.2 Å². The minimum atomic E-state index is -0.252. The van der Waals surface area contributed by atoms with Gasteiger partial charge >= 0.3 is 6.03 Å². The van der Waals surface area contributed by atoms with Crippen LogP contribution in [-0.2, 0) is 6.42 Å². The first-order chi connectivity index (χ1) is 12.1. The standard InChI is InChI=1S/C20H21FN2O2/c21-18-5-1-15(2-6-18)9-12-22-20(25)23-13-10-17(11-14-23)16-3-7-19(24)8-4-16/h1-8,10,24H,9,11-14H2,(H,22,25). The number of phenolic OH excluding ortho intramolecular Hbond substituents is 1. The molecule has 5 heteroatoms. The Morgan fingerprint density at radius 3 is 2.48 bits per heavy atom. The van der Waals surface area contributed by atoms with Crippen molar-refractivity contribution in [2.75, 3.05) is 19.6 Å². The summed E-state index contributed by atoms with van der Waals surface area (Å²) < 4.78 is 12.9. The summed E-state index contributed by atoms with van der Waals surface area (Å²) in [7, 11) is 0. The molecule has 0 bridgehead atoms. The smallest absolute Gasteiger partial charge is 0.317 e. The molecule has 0 radical (unpaired) electrons. The molecule has 130 valence electrons. The molecule has 0 aliphatic carbocycles. The van der Waals surface area contributed by atoms with Gasteiger partial charge in [0, 0.05) is 19.6 Å². The fraction of sp³-hybridized carbons (Fsp3) is 0.250. The summed E-state index contributed by atoms with van der Waals surface area (Å²) >= 11 is 0. The third-order valence-corrected chi connectivity index (χ3v) is 4.34. The second-order valence-electron chi connectivity index (χ2n) is 6.08. The summed E-state index contributed by atoms with van der Waals surface area (Å²) in [6, 6.07) is 13.4. The topological polar surface area (TPSA) is 52.6 Å². The van der Waals surface area contributed by atoms with Crippen LogP contribution in [0.2, 0.25) is 0 Å². The number of nitrogens with zero attached hydrogens (tertiary/aromatic N) is 1. The molecule has 4 nitrogen and oxygen atoms in total. The Labute approximate surface area is 146 Å². The number of halogens is 1. The average Bonchev–Trinajstić information content (AvgIpc) is 2.64. The van der Waals surface area contributed by atoms with Gasteiger partial charge in [-0.25, -0.2) is 9.18 Å². The van der Waals surface area contributed by atoms with Crippen LogP contribution in [0.15, 0.2) is 54.6 Å². The number of hydrogen-bond donors (Lipinski definition) is 2. The van der Waals surface area contributed by atoms with Crippen molar-refractivity contribution in [2.24, 2.45) is 0 Å². The van der Waals surface area contributed by atoms with Gasteiger partial charge in [0.25, 0.3) is 0 Å². The first-order valence-corrected chi connectivity index (χ1v) is 8.37. The lowest BCUT2D eigenvalue weighted by Gasteiger charge is -2.27. The van der Waals surface area contributed by atoms with E-state index in [0.717, 1.165) is 17.5 Å². The first kappa shape index (κ1) is 17.0. The van der Waals surface area contributed by atoms with E-state index in [4.69, 9.17) is 0 Å². The Kier molecular flexibility index (Phi) is 5.33. The van der Waals surface area contributed by atoms with Crippen LogP contribution >= 0.6 is 0 Å². The van der Waals surface area contributed by atoms with Gasteiger partial charge in [0.05, 0.1) is 0 Å². The zero-order chi connectivity index (χ0) is 17.6. The van der Waals surface area contributed by atoms with Gasteiger partial charge in [0.15, 0.2) is 0 Å². The highest BCUT2D eigenvalue weighted by Gasteiger charge is 2.17. The maximum atomic E-state index is 12.9. The quantitative estimate of drug-likeness (QED) is 0.894. The zero-order valence-corrected chi connectivity index (χ0v) is 13.9.